The Bertz CT molecular complexity index is 706. The van der Waals surface area contributed by atoms with E-state index in [0.29, 0.717) is 11.7 Å². The van der Waals surface area contributed by atoms with Gasteiger partial charge in [0, 0.05) is 17.8 Å². The van der Waals surface area contributed by atoms with Crippen LogP contribution in [0.1, 0.15) is 11.5 Å². The number of nitrogens with zero attached hydrogens (tertiary/aromatic N) is 2. The molecule has 0 saturated carbocycles. The van der Waals surface area contributed by atoms with Gasteiger partial charge in [-0.3, -0.25) is 0 Å². The highest BCUT2D eigenvalue weighted by Crippen LogP contribution is 2.28. The monoisotopic (exact) mass is 302 g/mol. The fraction of sp³-hybridized carbons (Fsp3) is 0.143. The molecule has 1 heterocycles. The van der Waals surface area contributed by atoms with Crippen LogP contribution in [0, 0.1) is 6.92 Å². The first-order valence-electron chi connectivity index (χ1n) is 5.66. The highest BCUT2D eigenvalue weighted by Gasteiger charge is 2.09. The maximum Gasteiger partial charge on any atom is 0.223 e. The van der Waals surface area contributed by atoms with E-state index in [-0.39, 0.29) is 0 Å². The molecule has 90 valence electrons. The Labute approximate surface area is 113 Å². The molecule has 0 aliphatic carbocycles. The Balaban J connectivity index is 2.28. The third kappa shape index (κ3) is 1.93. The minimum atomic E-state index is 0.582. The molecule has 0 aliphatic rings. The average molecular weight is 303 g/mol. The molecular formula is C14H11BrN2O. The molecule has 0 bridgehead atoms. The third-order valence-electron chi connectivity index (χ3n) is 2.87. The van der Waals surface area contributed by atoms with Crippen LogP contribution in [0.2, 0.25) is 0 Å². The molecule has 0 spiro atoms. The van der Waals surface area contributed by atoms with Gasteiger partial charge < -0.3 is 4.52 Å². The van der Waals surface area contributed by atoms with Gasteiger partial charge in [-0.05, 0) is 22.4 Å². The van der Waals surface area contributed by atoms with Crippen LogP contribution in [-0.4, -0.2) is 10.1 Å². The van der Waals surface area contributed by atoms with Crippen molar-refractivity contribution in [2.24, 2.45) is 0 Å². The van der Waals surface area contributed by atoms with E-state index in [4.69, 9.17) is 4.52 Å². The van der Waals surface area contributed by atoms with Crippen molar-refractivity contribution in [3.8, 4) is 11.4 Å². The second-order valence-electron chi connectivity index (χ2n) is 4.13. The van der Waals surface area contributed by atoms with Gasteiger partial charge in [0.05, 0.1) is 0 Å². The van der Waals surface area contributed by atoms with Gasteiger partial charge in [0.2, 0.25) is 11.7 Å². The summed E-state index contributed by atoms with van der Waals surface area (Å²) in [5.74, 6) is 1.23. The van der Waals surface area contributed by atoms with Crippen molar-refractivity contribution in [3.05, 3.63) is 47.9 Å². The lowest BCUT2D eigenvalue weighted by Gasteiger charge is -2.04. The first-order valence-corrected chi connectivity index (χ1v) is 6.78. The predicted molar refractivity (Wildman–Crippen MR) is 74.6 cm³/mol. The summed E-state index contributed by atoms with van der Waals surface area (Å²) in [5.41, 5.74) is 2.24. The van der Waals surface area contributed by atoms with Crippen LogP contribution in [0.15, 0.2) is 40.9 Å². The fourth-order valence-corrected chi connectivity index (χ4v) is 2.36. The fourth-order valence-electron chi connectivity index (χ4n) is 2.01. The zero-order chi connectivity index (χ0) is 12.5. The molecule has 1 aromatic heterocycles. The van der Waals surface area contributed by atoms with Gasteiger partial charge in [-0.15, -0.1) is 0 Å². The molecule has 2 aromatic carbocycles. The Kier molecular flexibility index (Phi) is 2.88. The molecule has 3 aromatic rings. The number of benzene rings is 2. The zero-order valence-corrected chi connectivity index (χ0v) is 11.4. The van der Waals surface area contributed by atoms with Crippen molar-refractivity contribution in [3.63, 3.8) is 0 Å². The summed E-state index contributed by atoms with van der Waals surface area (Å²) in [4.78, 5) is 4.30. The molecule has 0 aliphatic heterocycles. The van der Waals surface area contributed by atoms with E-state index in [0.717, 1.165) is 16.3 Å². The van der Waals surface area contributed by atoms with E-state index in [1.54, 1.807) is 6.92 Å². The van der Waals surface area contributed by atoms with Crippen molar-refractivity contribution >= 4 is 26.7 Å². The summed E-state index contributed by atoms with van der Waals surface area (Å²) >= 11 is 3.48. The van der Waals surface area contributed by atoms with Crippen molar-refractivity contribution in [1.29, 1.82) is 0 Å². The molecule has 0 fully saturated rings. The standard InChI is InChI=1S/C14H11BrN2O/c1-9-16-14(17-18-9)12-4-2-3-11-6-5-10(8-15)7-13(11)12/h2-7H,8H2,1H3. The molecule has 0 radical (unpaired) electrons. The van der Waals surface area contributed by atoms with Gasteiger partial charge in [0.25, 0.3) is 0 Å². The van der Waals surface area contributed by atoms with Crippen molar-refractivity contribution in [2.45, 2.75) is 12.3 Å². The number of halogens is 1. The summed E-state index contributed by atoms with van der Waals surface area (Å²) in [6, 6.07) is 12.5. The van der Waals surface area contributed by atoms with Crippen LogP contribution >= 0.6 is 15.9 Å². The summed E-state index contributed by atoms with van der Waals surface area (Å²) in [6.45, 7) is 1.80. The SMILES string of the molecule is Cc1nc(-c2cccc3ccc(CBr)cc23)no1. The molecule has 0 unspecified atom stereocenters. The number of fused-ring (bicyclic) bond motifs is 1. The molecule has 0 N–H and O–H groups in total. The Morgan fingerprint density at radius 1 is 1.22 bits per heavy atom. The summed E-state index contributed by atoms with van der Waals surface area (Å²) in [6.07, 6.45) is 0. The molecule has 3 nitrogen and oxygen atoms in total. The summed E-state index contributed by atoms with van der Waals surface area (Å²) < 4.78 is 5.05. The van der Waals surface area contributed by atoms with E-state index in [1.807, 2.05) is 12.1 Å². The highest BCUT2D eigenvalue weighted by atomic mass is 79.9. The second kappa shape index (κ2) is 4.53. The quantitative estimate of drug-likeness (QED) is 0.669. The van der Waals surface area contributed by atoms with Crippen molar-refractivity contribution < 1.29 is 4.52 Å². The Morgan fingerprint density at radius 3 is 2.83 bits per heavy atom. The summed E-state index contributed by atoms with van der Waals surface area (Å²) in [7, 11) is 0. The Morgan fingerprint density at radius 2 is 2.11 bits per heavy atom. The zero-order valence-electron chi connectivity index (χ0n) is 9.85. The van der Waals surface area contributed by atoms with E-state index in [9.17, 15) is 0 Å². The largest absolute Gasteiger partial charge is 0.339 e. The van der Waals surface area contributed by atoms with E-state index in [2.05, 4.69) is 50.3 Å². The van der Waals surface area contributed by atoms with Gasteiger partial charge in [-0.2, -0.15) is 4.98 Å². The maximum absolute atomic E-state index is 5.05. The molecule has 0 saturated heterocycles. The van der Waals surface area contributed by atoms with Crippen LogP contribution in [0.5, 0.6) is 0 Å². The van der Waals surface area contributed by atoms with Gasteiger partial charge in [0.1, 0.15) is 0 Å². The van der Waals surface area contributed by atoms with Crippen molar-refractivity contribution in [1.82, 2.24) is 10.1 Å². The second-order valence-corrected chi connectivity index (χ2v) is 4.69. The van der Waals surface area contributed by atoms with E-state index < -0.39 is 0 Å². The van der Waals surface area contributed by atoms with Gasteiger partial charge in [-0.1, -0.05) is 51.4 Å². The minimum Gasteiger partial charge on any atom is -0.339 e. The Hall–Kier alpha value is -1.68. The van der Waals surface area contributed by atoms with Crippen molar-refractivity contribution in [2.75, 3.05) is 0 Å². The molecule has 18 heavy (non-hydrogen) atoms. The molecular weight excluding hydrogens is 292 g/mol. The normalized spacial score (nSPS) is 11.0. The topological polar surface area (TPSA) is 38.9 Å². The van der Waals surface area contributed by atoms with Crippen LogP contribution in [-0.2, 0) is 5.33 Å². The number of alkyl halides is 1. The summed E-state index contributed by atoms with van der Waals surface area (Å²) in [5, 5.41) is 7.16. The molecule has 3 rings (SSSR count). The number of hydrogen-bond donors (Lipinski definition) is 0. The number of hydrogen-bond acceptors (Lipinski definition) is 3. The van der Waals surface area contributed by atoms with Crippen LogP contribution in [0.25, 0.3) is 22.2 Å². The first kappa shape index (κ1) is 11.4. The number of rotatable bonds is 2. The van der Waals surface area contributed by atoms with Gasteiger partial charge >= 0.3 is 0 Å². The number of aromatic nitrogens is 2. The highest BCUT2D eigenvalue weighted by molar-refractivity contribution is 9.08. The van der Waals surface area contributed by atoms with Crippen LogP contribution in [0.4, 0.5) is 0 Å². The average Bonchev–Trinajstić information content (AvgIpc) is 2.84. The predicted octanol–water partition coefficient (Wildman–Crippen LogP) is 4.09. The number of aryl methyl sites for hydroxylation is 1. The first-order chi connectivity index (χ1) is 8.78. The molecule has 0 atom stereocenters. The maximum atomic E-state index is 5.05. The van der Waals surface area contributed by atoms with Crippen LogP contribution < -0.4 is 0 Å². The van der Waals surface area contributed by atoms with E-state index >= 15 is 0 Å². The lowest BCUT2D eigenvalue weighted by molar-refractivity contribution is 0.394. The molecule has 0 amide bonds. The minimum absolute atomic E-state index is 0.582. The lowest BCUT2D eigenvalue weighted by atomic mass is 10.0. The van der Waals surface area contributed by atoms with E-state index in [1.165, 1.54) is 10.9 Å². The van der Waals surface area contributed by atoms with Gasteiger partial charge in [-0.25, -0.2) is 0 Å². The van der Waals surface area contributed by atoms with Gasteiger partial charge in [0.15, 0.2) is 0 Å². The lowest BCUT2D eigenvalue weighted by Crippen LogP contribution is -1.85. The smallest absolute Gasteiger partial charge is 0.223 e. The molecule has 4 heteroatoms. The van der Waals surface area contributed by atoms with Crippen LogP contribution in [0.3, 0.4) is 0 Å². The third-order valence-corrected chi connectivity index (χ3v) is 3.52.